The minimum Gasteiger partial charge on any atom is -0.0839 e. The maximum atomic E-state index is 2.54. The molecule has 204 valence electrons. The van der Waals surface area contributed by atoms with Gasteiger partial charge in [0.2, 0.25) is 0 Å². The van der Waals surface area contributed by atoms with Gasteiger partial charge in [-0.05, 0) is 128 Å². The molecule has 0 nitrogen and oxygen atoms in total. The fourth-order valence-electron chi connectivity index (χ4n) is 8.69. The molecule has 0 heterocycles. The molecule has 3 atom stereocenters. The van der Waals surface area contributed by atoms with Crippen molar-refractivity contribution >= 4 is 34.6 Å². The van der Waals surface area contributed by atoms with Crippen LogP contribution in [0.1, 0.15) is 67.6 Å². The summed E-state index contributed by atoms with van der Waals surface area (Å²) in [5.74, 6) is 1.81. The summed E-state index contributed by atoms with van der Waals surface area (Å²) in [7, 11) is 0. The third-order valence-corrected chi connectivity index (χ3v) is 10.7. The average molecular weight is 541 g/mol. The molecule has 9 rings (SSSR count). The van der Waals surface area contributed by atoms with Gasteiger partial charge in [-0.3, -0.25) is 0 Å². The van der Waals surface area contributed by atoms with Gasteiger partial charge in [-0.15, -0.1) is 0 Å². The maximum Gasteiger partial charge on any atom is 0.0101 e. The number of rotatable bonds is 2. The highest BCUT2D eigenvalue weighted by molar-refractivity contribution is 6.05. The van der Waals surface area contributed by atoms with Crippen molar-refractivity contribution in [3.05, 3.63) is 141 Å². The quantitative estimate of drug-likeness (QED) is 0.304. The Balaban J connectivity index is 1.28. The van der Waals surface area contributed by atoms with Gasteiger partial charge in [-0.1, -0.05) is 115 Å². The highest BCUT2D eigenvalue weighted by Crippen LogP contribution is 2.48. The predicted molar refractivity (Wildman–Crippen MR) is 179 cm³/mol. The second-order valence-electron chi connectivity index (χ2n) is 12.9. The van der Waals surface area contributed by atoms with Gasteiger partial charge in [-0.25, -0.2) is 0 Å². The van der Waals surface area contributed by atoms with Crippen LogP contribution in [0.2, 0.25) is 0 Å². The van der Waals surface area contributed by atoms with Crippen molar-refractivity contribution in [1.29, 1.82) is 0 Å². The van der Waals surface area contributed by atoms with Crippen LogP contribution in [0.3, 0.4) is 0 Å². The Morgan fingerprint density at radius 1 is 0.643 bits per heavy atom. The van der Waals surface area contributed by atoms with E-state index >= 15 is 0 Å². The molecule has 3 unspecified atom stereocenters. The molecule has 0 heteroatoms. The van der Waals surface area contributed by atoms with Crippen molar-refractivity contribution in [1.82, 2.24) is 0 Å². The van der Waals surface area contributed by atoms with Gasteiger partial charge in [0, 0.05) is 5.92 Å². The van der Waals surface area contributed by atoms with Crippen LogP contribution < -0.4 is 10.4 Å². The van der Waals surface area contributed by atoms with E-state index in [9.17, 15) is 0 Å². The molecule has 42 heavy (non-hydrogen) atoms. The van der Waals surface area contributed by atoms with Gasteiger partial charge in [0.1, 0.15) is 0 Å². The Bertz CT molecular complexity index is 2010. The molecule has 6 aliphatic carbocycles. The minimum absolute atomic E-state index is 0.480. The summed E-state index contributed by atoms with van der Waals surface area (Å²) in [6, 6.07) is 16.4. The largest absolute Gasteiger partial charge is 0.0839 e. The molecule has 0 fully saturated rings. The Morgan fingerprint density at radius 2 is 1.38 bits per heavy atom. The predicted octanol–water partition coefficient (Wildman–Crippen LogP) is 9.48. The second-order valence-corrected chi connectivity index (χ2v) is 12.9. The fraction of sp³-hybridized carbons (Fsp3) is 0.238. The zero-order valence-corrected chi connectivity index (χ0v) is 24.2. The van der Waals surface area contributed by atoms with Crippen molar-refractivity contribution in [2.45, 2.75) is 50.9 Å². The Hall–Kier alpha value is -4.16. The fourth-order valence-corrected chi connectivity index (χ4v) is 8.69. The van der Waals surface area contributed by atoms with Crippen molar-refractivity contribution in [3.8, 4) is 11.1 Å². The Kier molecular flexibility index (Phi) is 5.65. The minimum atomic E-state index is 0.480. The second kappa shape index (κ2) is 9.70. The van der Waals surface area contributed by atoms with E-state index in [1.165, 1.54) is 97.0 Å². The van der Waals surface area contributed by atoms with E-state index in [2.05, 4.69) is 115 Å². The lowest BCUT2D eigenvalue weighted by Gasteiger charge is -2.35. The first-order chi connectivity index (χ1) is 20.8. The van der Waals surface area contributed by atoms with E-state index < -0.39 is 0 Å². The van der Waals surface area contributed by atoms with Gasteiger partial charge >= 0.3 is 0 Å². The summed E-state index contributed by atoms with van der Waals surface area (Å²) in [4.78, 5) is 0. The summed E-state index contributed by atoms with van der Waals surface area (Å²) in [5.41, 5.74) is 13.3. The van der Waals surface area contributed by atoms with Crippen LogP contribution in [-0.4, -0.2) is 0 Å². The molecule has 0 amide bonds. The highest BCUT2D eigenvalue weighted by atomic mass is 14.4. The normalized spacial score (nSPS) is 24.9. The number of allylic oxidation sites excluding steroid dienone is 13. The first kappa shape index (κ1) is 24.4. The first-order valence-corrected chi connectivity index (χ1v) is 16.1. The van der Waals surface area contributed by atoms with Gasteiger partial charge < -0.3 is 0 Å². The zero-order valence-electron chi connectivity index (χ0n) is 24.2. The molecular formula is C42H36. The van der Waals surface area contributed by atoms with E-state index in [0.29, 0.717) is 17.8 Å². The Labute approximate surface area is 248 Å². The lowest BCUT2D eigenvalue weighted by Crippen LogP contribution is -2.33. The third-order valence-electron chi connectivity index (χ3n) is 10.7. The number of benzene rings is 3. The molecule has 0 saturated heterocycles. The van der Waals surface area contributed by atoms with Crippen LogP contribution >= 0.6 is 0 Å². The molecule has 3 aromatic carbocycles. The van der Waals surface area contributed by atoms with Crippen molar-refractivity contribution < 1.29 is 0 Å². The van der Waals surface area contributed by atoms with Gasteiger partial charge in [0.25, 0.3) is 0 Å². The SMILES string of the molecule is C1=CCC2CCC(c3c4c(c(-c5cccc6c5C=CC5=CC7=CC=CCC7CC56)c5ccccc35)=CCCC=4)=CC2=C1. The molecule has 3 aromatic rings. The van der Waals surface area contributed by atoms with E-state index in [0.717, 1.165) is 19.3 Å². The molecule has 0 saturated carbocycles. The number of hydrogen-bond donors (Lipinski definition) is 0. The number of fused-ring (bicyclic) bond motifs is 7. The van der Waals surface area contributed by atoms with Crippen LogP contribution in [-0.2, 0) is 0 Å². The van der Waals surface area contributed by atoms with Crippen LogP contribution in [0, 0.1) is 11.8 Å². The topological polar surface area (TPSA) is 0 Å². The molecule has 0 spiro atoms. The summed E-state index contributed by atoms with van der Waals surface area (Å²) < 4.78 is 0. The Morgan fingerprint density at radius 3 is 2.21 bits per heavy atom. The highest BCUT2D eigenvalue weighted by Gasteiger charge is 2.32. The van der Waals surface area contributed by atoms with Crippen LogP contribution in [0.25, 0.3) is 45.7 Å². The molecule has 0 radical (unpaired) electrons. The van der Waals surface area contributed by atoms with Crippen molar-refractivity contribution in [3.63, 3.8) is 0 Å². The van der Waals surface area contributed by atoms with E-state index in [4.69, 9.17) is 0 Å². The van der Waals surface area contributed by atoms with Gasteiger partial charge in [-0.2, -0.15) is 0 Å². The summed E-state index contributed by atoms with van der Waals surface area (Å²) in [6.45, 7) is 0. The van der Waals surface area contributed by atoms with Gasteiger partial charge in [0.15, 0.2) is 0 Å². The molecule has 0 aromatic heterocycles. The standard InChI is InChI=1S/C42H36/c1-2-11-28-25-32(21-20-27(28)10-1)41-36-14-5-7-16-38(36)42(39-17-8-6-15-37(39)41)35-19-9-18-33-34(35)23-22-31-24-29-12-3-4-13-30(29)26-40(31)33/h1-5,7,9,11-12,14-19,22-25,27,30,40H,6,8,10,13,20-21,26H2. The van der Waals surface area contributed by atoms with Crippen LogP contribution in [0.4, 0.5) is 0 Å². The van der Waals surface area contributed by atoms with E-state index in [1.54, 1.807) is 0 Å². The van der Waals surface area contributed by atoms with Crippen LogP contribution in [0.5, 0.6) is 0 Å². The smallest absolute Gasteiger partial charge is 0.0101 e. The lowest BCUT2D eigenvalue weighted by atomic mass is 9.69. The van der Waals surface area contributed by atoms with Crippen LogP contribution in [0.15, 0.2) is 114 Å². The summed E-state index contributed by atoms with van der Waals surface area (Å²) in [5, 5.41) is 5.72. The van der Waals surface area contributed by atoms with E-state index in [1.807, 2.05) is 0 Å². The third kappa shape index (κ3) is 3.74. The van der Waals surface area contributed by atoms with Crippen molar-refractivity contribution in [2.75, 3.05) is 0 Å². The molecule has 6 aliphatic rings. The molecular weight excluding hydrogens is 504 g/mol. The van der Waals surface area contributed by atoms with Gasteiger partial charge in [0.05, 0.1) is 0 Å². The van der Waals surface area contributed by atoms with Crippen molar-refractivity contribution in [2.24, 2.45) is 11.8 Å². The molecule has 0 aliphatic heterocycles. The summed E-state index contributed by atoms with van der Waals surface area (Å²) >= 11 is 0. The lowest BCUT2D eigenvalue weighted by molar-refractivity contribution is 0.512. The molecule has 0 bridgehead atoms. The maximum absolute atomic E-state index is 2.54. The average Bonchev–Trinajstić information content (AvgIpc) is 3.05. The van der Waals surface area contributed by atoms with E-state index in [-0.39, 0.29) is 0 Å². The monoisotopic (exact) mass is 540 g/mol. The zero-order chi connectivity index (χ0) is 27.6. The summed E-state index contributed by atoms with van der Waals surface area (Å²) in [6.07, 6.45) is 37.0. The molecule has 0 N–H and O–H groups in total. The first-order valence-electron chi connectivity index (χ1n) is 16.1. The number of hydrogen-bond acceptors (Lipinski definition) is 0.